The number of hydrogen-bond donors (Lipinski definition) is 0. The van der Waals surface area contributed by atoms with Crippen LogP contribution >= 0.6 is 11.8 Å². The Bertz CT molecular complexity index is 1120. The minimum atomic E-state index is -0.311. The molecule has 1 amide bonds. The van der Waals surface area contributed by atoms with Gasteiger partial charge in [-0.15, -0.1) is 0 Å². The maximum atomic E-state index is 13.2. The first-order valence-electron chi connectivity index (χ1n) is 9.35. The second-order valence-electron chi connectivity index (χ2n) is 6.67. The van der Waals surface area contributed by atoms with Crippen LogP contribution in [0.2, 0.25) is 0 Å². The van der Waals surface area contributed by atoms with Gasteiger partial charge in [-0.3, -0.25) is 9.69 Å². The van der Waals surface area contributed by atoms with Gasteiger partial charge in [0, 0.05) is 24.1 Å². The van der Waals surface area contributed by atoms with Gasteiger partial charge in [0.05, 0.1) is 10.6 Å². The van der Waals surface area contributed by atoms with Gasteiger partial charge in [0.1, 0.15) is 5.82 Å². The fourth-order valence-electron chi connectivity index (χ4n) is 3.16. The molecule has 2 aromatic carbocycles. The highest BCUT2D eigenvalue weighted by Gasteiger charge is 2.32. The number of carbonyl (C=O) groups excluding carboxylic acids is 1. The SMILES string of the molecule is CCN1C(=O)/C(=C\c2cccn2-c2cccc(C)c2)SC1=Nc1ccc(F)cc1. The van der Waals surface area contributed by atoms with Crippen molar-refractivity contribution in [1.29, 1.82) is 0 Å². The van der Waals surface area contributed by atoms with Crippen LogP contribution in [0.1, 0.15) is 18.2 Å². The van der Waals surface area contributed by atoms with Crippen LogP contribution in [0.4, 0.5) is 10.1 Å². The van der Waals surface area contributed by atoms with Crippen LogP contribution in [0.25, 0.3) is 11.8 Å². The number of hydrogen-bond acceptors (Lipinski definition) is 3. The fourth-order valence-corrected chi connectivity index (χ4v) is 4.20. The Morgan fingerprint density at radius 1 is 1.10 bits per heavy atom. The lowest BCUT2D eigenvalue weighted by Crippen LogP contribution is -2.28. The number of aromatic nitrogens is 1. The van der Waals surface area contributed by atoms with Crippen molar-refractivity contribution in [3.05, 3.63) is 88.8 Å². The van der Waals surface area contributed by atoms with Crippen LogP contribution in [0.3, 0.4) is 0 Å². The van der Waals surface area contributed by atoms with Crippen molar-refractivity contribution in [2.75, 3.05) is 6.54 Å². The Labute approximate surface area is 173 Å². The van der Waals surface area contributed by atoms with Gasteiger partial charge in [0.2, 0.25) is 0 Å². The summed E-state index contributed by atoms with van der Waals surface area (Å²) >= 11 is 1.34. The number of amidine groups is 1. The van der Waals surface area contributed by atoms with Crippen LogP contribution in [0.5, 0.6) is 0 Å². The van der Waals surface area contributed by atoms with Crippen LogP contribution in [-0.4, -0.2) is 27.1 Å². The molecule has 2 heterocycles. The number of aliphatic imine (C=N–C) groups is 1. The van der Waals surface area contributed by atoms with E-state index in [2.05, 4.69) is 28.6 Å². The molecular weight excluding hydrogens is 385 g/mol. The average molecular weight is 405 g/mol. The molecule has 1 aromatic heterocycles. The summed E-state index contributed by atoms with van der Waals surface area (Å²) in [5.74, 6) is -0.385. The molecule has 1 saturated heterocycles. The number of thioether (sulfide) groups is 1. The standard InChI is InChI=1S/C23H20FN3OS/c1-3-26-22(28)21(29-23(26)25-18-11-9-17(24)10-12-18)15-20-8-5-13-27(20)19-7-4-6-16(2)14-19/h4-15H,3H2,1-2H3/b21-15+,25-23?. The zero-order valence-corrected chi connectivity index (χ0v) is 17.0. The lowest BCUT2D eigenvalue weighted by atomic mass is 10.2. The highest BCUT2D eigenvalue weighted by molar-refractivity contribution is 8.18. The molecule has 0 spiro atoms. The summed E-state index contributed by atoms with van der Waals surface area (Å²) in [6.45, 7) is 4.48. The maximum Gasteiger partial charge on any atom is 0.266 e. The van der Waals surface area contributed by atoms with Gasteiger partial charge >= 0.3 is 0 Å². The van der Waals surface area contributed by atoms with E-state index in [9.17, 15) is 9.18 Å². The van der Waals surface area contributed by atoms with E-state index in [4.69, 9.17) is 0 Å². The molecule has 4 rings (SSSR count). The quantitative estimate of drug-likeness (QED) is 0.534. The second kappa shape index (κ2) is 8.09. The van der Waals surface area contributed by atoms with Crippen molar-refractivity contribution in [2.24, 2.45) is 4.99 Å². The molecule has 0 unspecified atom stereocenters. The lowest BCUT2D eigenvalue weighted by Gasteiger charge is -2.12. The normalized spacial score (nSPS) is 16.9. The first-order valence-corrected chi connectivity index (χ1v) is 10.2. The topological polar surface area (TPSA) is 37.6 Å². The van der Waals surface area contributed by atoms with E-state index < -0.39 is 0 Å². The molecule has 1 aliphatic rings. The molecule has 6 heteroatoms. The second-order valence-corrected chi connectivity index (χ2v) is 7.68. The van der Waals surface area contributed by atoms with Crippen LogP contribution in [-0.2, 0) is 4.79 Å². The third-order valence-electron chi connectivity index (χ3n) is 4.59. The molecule has 3 aromatic rings. The highest BCUT2D eigenvalue weighted by atomic mass is 32.2. The van der Waals surface area contributed by atoms with Gasteiger partial charge in [-0.25, -0.2) is 9.38 Å². The number of likely N-dealkylation sites (N-methyl/N-ethyl adjacent to an activating group) is 1. The van der Waals surface area contributed by atoms with Crippen LogP contribution in [0, 0.1) is 12.7 Å². The molecule has 0 bridgehead atoms. The summed E-state index contributed by atoms with van der Waals surface area (Å²) in [6.07, 6.45) is 3.88. The molecule has 4 nitrogen and oxygen atoms in total. The van der Waals surface area contributed by atoms with E-state index in [-0.39, 0.29) is 11.7 Å². The van der Waals surface area contributed by atoms with E-state index in [0.29, 0.717) is 22.3 Å². The molecule has 0 saturated carbocycles. The third-order valence-corrected chi connectivity index (χ3v) is 5.60. The van der Waals surface area contributed by atoms with E-state index >= 15 is 0 Å². The lowest BCUT2D eigenvalue weighted by molar-refractivity contribution is -0.122. The molecule has 1 fully saturated rings. The first kappa shape index (κ1) is 19.2. The summed E-state index contributed by atoms with van der Waals surface area (Å²) in [7, 11) is 0. The zero-order chi connectivity index (χ0) is 20.4. The minimum Gasteiger partial charge on any atom is -0.317 e. The van der Waals surface area contributed by atoms with Crippen molar-refractivity contribution in [3.8, 4) is 5.69 Å². The molecule has 0 aliphatic carbocycles. The molecule has 1 aliphatic heterocycles. The number of aryl methyl sites for hydroxylation is 1. The van der Waals surface area contributed by atoms with Crippen molar-refractivity contribution in [1.82, 2.24) is 9.47 Å². The van der Waals surface area contributed by atoms with E-state index in [1.165, 1.54) is 29.5 Å². The van der Waals surface area contributed by atoms with Crippen molar-refractivity contribution >= 4 is 34.6 Å². The molecule has 0 radical (unpaired) electrons. The Morgan fingerprint density at radius 3 is 2.62 bits per heavy atom. The van der Waals surface area contributed by atoms with Crippen molar-refractivity contribution in [3.63, 3.8) is 0 Å². The fraction of sp³-hybridized carbons (Fsp3) is 0.130. The van der Waals surface area contributed by atoms with Gasteiger partial charge < -0.3 is 4.57 Å². The number of carbonyl (C=O) groups is 1. The molecule has 146 valence electrons. The summed E-state index contributed by atoms with van der Waals surface area (Å²) in [6, 6.07) is 18.1. The van der Waals surface area contributed by atoms with Gasteiger partial charge in [0.15, 0.2) is 5.17 Å². The molecular formula is C23H20FN3OS. The van der Waals surface area contributed by atoms with Crippen molar-refractivity contribution < 1.29 is 9.18 Å². The number of benzene rings is 2. The number of halogens is 1. The number of amides is 1. The Hall–Kier alpha value is -3.12. The van der Waals surface area contributed by atoms with Gasteiger partial charge in [-0.05, 0) is 85.8 Å². The molecule has 0 atom stereocenters. The van der Waals surface area contributed by atoms with Gasteiger partial charge in [-0.1, -0.05) is 12.1 Å². The smallest absolute Gasteiger partial charge is 0.266 e. The van der Waals surface area contributed by atoms with Gasteiger partial charge in [-0.2, -0.15) is 0 Å². The van der Waals surface area contributed by atoms with Gasteiger partial charge in [0.25, 0.3) is 5.91 Å². The summed E-state index contributed by atoms with van der Waals surface area (Å²) in [5, 5.41) is 0.601. The van der Waals surface area contributed by atoms with E-state index in [0.717, 1.165) is 11.4 Å². The third kappa shape index (κ3) is 4.03. The van der Waals surface area contributed by atoms with Crippen LogP contribution in [0.15, 0.2) is 76.8 Å². The first-order chi connectivity index (χ1) is 14.0. The summed E-state index contributed by atoms with van der Waals surface area (Å²) in [4.78, 5) is 19.7. The minimum absolute atomic E-state index is 0.0737. The highest BCUT2D eigenvalue weighted by Crippen LogP contribution is 2.34. The molecule has 0 N–H and O–H groups in total. The molecule has 29 heavy (non-hydrogen) atoms. The van der Waals surface area contributed by atoms with E-state index in [1.54, 1.807) is 17.0 Å². The van der Waals surface area contributed by atoms with Crippen molar-refractivity contribution in [2.45, 2.75) is 13.8 Å². The maximum absolute atomic E-state index is 13.2. The number of nitrogens with zero attached hydrogens (tertiary/aromatic N) is 3. The summed E-state index contributed by atoms with van der Waals surface area (Å²) < 4.78 is 15.2. The Kier molecular flexibility index (Phi) is 5.36. The number of rotatable bonds is 4. The summed E-state index contributed by atoms with van der Waals surface area (Å²) in [5.41, 5.74) is 3.76. The van der Waals surface area contributed by atoms with E-state index in [1.807, 2.05) is 43.5 Å². The predicted molar refractivity (Wildman–Crippen MR) is 117 cm³/mol. The Balaban J connectivity index is 1.68. The average Bonchev–Trinajstić information content (AvgIpc) is 3.28. The predicted octanol–water partition coefficient (Wildman–Crippen LogP) is 5.55. The monoisotopic (exact) mass is 405 g/mol. The largest absolute Gasteiger partial charge is 0.317 e. The Morgan fingerprint density at radius 2 is 1.90 bits per heavy atom. The zero-order valence-electron chi connectivity index (χ0n) is 16.2. The van der Waals surface area contributed by atoms with Crippen LogP contribution < -0.4 is 0 Å².